The summed E-state index contributed by atoms with van der Waals surface area (Å²) in [5, 5.41) is 15.8. The molecule has 0 saturated heterocycles. The third kappa shape index (κ3) is 3.94. The largest absolute Gasteiger partial charge is 0.505 e. The van der Waals surface area contributed by atoms with E-state index in [1.165, 1.54) is 0 Å². The van der Waals surface area contributed by atoms with Crippen molar-refractivity contribution >= 4 is 51.6 Å². The predicted molar refractivity (Wildman–Crippen MR) is 121 cm³/mol. The van der Waals surface area contributed by atoms with Crippen LogP contribution in [-0.4, -0.2) is 16.0 Å². The summed E-state index contributed by atoms with van der Waals surface area (Å²) < 4.78 is 0. The van der Waals surface area contributed by atoms with E-state index in [9.17, 15) is 9.90 Å². The molecule has 0 aliphatic carbocycles. The normalized spacial score (nSPS) is 12.0. The maximum Gasteiger partial charge on any atom is 0.253 e. The number of phenolic OH excluding ortho intramolecular Hbond substituents is 1. The van der Waals surface area contributed by atoms with E-state index in [1.807, 2.05) is 12.1 Å². The van der Waals surface area contributed by atoms with Gasteiger partial charge in [0.15, 0.2) is 0 Å². The van der Waals surface area contributed by atoms with Crippen LogP contribution in [-0.2, 0) is 0 Å². The highest BCUT2D eigenvalue weighted by Gasteiger charge is 2.25. The molecule has 0 spiro atoms. The maximum atomic E-state index is 13.0. The van der Waals surface area contributed by atoms with Crippen LogP contribution in [0, 0.1) is 0 Å². The zero-order valence-corrected chi connectivity index (χ0v) is 17.7. The fourth-order valence-corrected chi connectivity index (χ4v) is 3.92. The molecule has 0 fully saturated rings. The van der Waals surface area contributed by atoms with E-state index in [4.69, 9.17) is 34.8 Å². The number of carbonyl (C=O) groups is 1. The van der Waals surface area contributed by atoms with E-state index in [2.05, 4.69) is 10.3 Å². The van der Waals surface area contributed by atoms with Gasteiger partial charge in [-0.2, -0.15) is 0 Å². The molecule has 0 radical (unpaired) electrons. The van der Waals surface area contributed by atoms with Gasteiger partial charge >= 0.3 is 0 Å². The molecule has 4 rings (SSSR count). The predicted octanol–water partition coefficient (Wildman–Crippen LogP) is 6.42. The number of hydrogen-bond acceptors (Lipinski definition) is 3. The summed E-state index contributed by atoms with van der Waals surface area (Å²) in [7, 11) is 0. The van der Waals surface area contributed by atoms with Crippen LogP contribution >= 0.6 is 34.8 Å². The molecular formula is C23H15Cl3N2O2. The number of amides is 1. The minimum atomic E-state index is -0.786. The van der Waals surface area contributed by atoms with Crippen LogP contribution in [0.4, 0.5) is 0 Å². The summed E-state index contributed by atoms with van der Waals surface area (Å²) in [5.41, 5.74) is 1.70. The van der Waals surface area contributed by atoms with Gasteiger partial charge in [0.1, 0.15) is 11.3 Å². The number of nitrogens with one attached hydrogen (secondary N) is 1. The number of nitrogens with zero attached hydrogens (tertiary/aromatic N) is 1. The SMILES string of the molecule is O=C(NC(c1cc(Cl)ccc1Cl)c1ccc2cccnc2c1O)c1ccccc1Cl. The first-order valence-electron chi connectivity index (χ1n) is 9.02. The van der Waals surface area contributed by atoms with Gasteiger partial charge < -0.3 is 10.4 Å². The Bertz CT molecular complexity index is 1260. The Kier molecular flexibility index (Phi) is 5.82. The monoisotopic (exact) mass is 456 g/mol. The number of aromatic hydroxyl groups is 1. The molecule has 3 aromatic carbocycles. The Labute approximate surface area is 188 Å². The van der Waals surface area contributed by atoms with Crippen LogP contribution in [0.5, 0.6) is 5.75 Å². The Morgan fingerprint density at radius 3 is 2.50 bits per heavy atom. The fraction of sp³-hybridized carbons (Fsp3) is 0.0435. The van der Waals surface area contributed by atoms with Gasteiger partial charge in [-0.25, -0.2) is 0 Å². The molecule has 4 aromatic rings. The molecule has 1 heterocycles. The number of rotatable bonds is 4. The molecule has 150 valence electrons. The highest BCUT2D eigenvalue weighted by molar-refractivity contribution is 6.34. The first-order valence-corrected chi connectivity index (χ1v) is 10.2. The topological polar surface area (TPSA) is 62.2 Å². The molecule has 2 N–H and O–H groups in total. The van der Waals surface area contributed by atoms with E-state index in [-0.39, 0.29) is 5.75 Å². The van der Waals surface area contributed by atoms with Crippen molar-refractivity contribution in [3.8, 4) is 5.75 Å². The second kappa shape index (κ2) is 8.52. The van der Waals surface area contributed by atoms with Gasteiger partial charge in [0, 0.05) is 27.2 Å². The molecule has 30 heavy (non-hydrogen) atoms. The summed E-state index contributed by atoms with van der Waals surface area (Å²) in [4.78, 5) is 17.3. The average Bonchev–Trinajstić information content (AvgIpc) is 2.75. The molecule has 1 unspecified atom stereocenters. The molecule has 0 aliphatic heterocycles. The van der Waals surface area contributed by atoms with Crippen LogP contribution in [0.25, 0.3) is 10.9 Å². The Morgan fingerprint density at radius 1 is 0.900 bits per heavy atom. The molecule has 0 bridgehead atoms. The van der Waals surface area contributed by atoms with Gasteiger partial charge in [0.2, 0.25) is 0 Å². The first-order chi connectivity index (χ1) is 14.5. The van der Waals surface area contributed by atoms with E-state index in [1.54, 1.807) is 60.8 Å². The van der Waals surface area contributed by atoms with Crippen LogP contribution in [0.15, 0.2) is 72.9 Å². The molecule has 1 aromatic heterocycles. The van der Waals surface area contributed by atoms with Crippen LogP contribution in [0.1, 0.15) is 27.5 Å². The molecule has 7 heteroatoms. The van der Waals surface area contributed by atoms with Crippen molar-refractivity contribution in [1.82, 2.24) is 10.3 Å². The zero-order chi connectivity index (χ0) is 21.3. The van der Waals surface area contributed by atoms with Crippen molar-refractivity contribution in [2.75, 3.05) is 0 Å². The van der Waals surface area contributed by atoms with E-state index in [0.717, 1.165) is 5.39 Å². The van der Waals surface area contributed by atoms with Crippen molar-refractivity contribution in [2.24, 2.45) is 0 Å². The number of fused-ring (bicyclic) bond motifs is 1. The Hall–Kier alpha value is -2.79. The number of halogens is 3. The number of pyridine rings is 1. The highest BCUT2D eigenvalue weighted by atomic mass is 35.5. The molecular weight excluding hydrogens is 443 g/mol. The third-order valence-electron chi connectivity index (χ3n) is 4.75. The lowest BCUT2D eigenvalue weighted by Gasteiger charge is -2.23. The average molecular weight is 458 g/mol. The van der Waals surface area contributed by atoms with Crippen molar-refractivity contribution in [2.45, 2.75) is 6.04 Å². The Morgan fingerprint density at radius 2 is 1.70 bits per heavy atom. The number of aromatic nitrogens is 1. The van der Waals surface area contributed by atoms with Crippen molar-refractivity contribution in [3.05, 3.63) is 105 Å². The summed E-state index contributed by atoms with van der Waals surface area (Å²) in [6, 6.07) is 18.1. The second-order valence-electron chi connectivity index (χ2n) is 6.63. The van der Waals surface area contributed by atoms with Gasteiger partial charge in [0.25, 0.3) is 5.91 Å². The number of benzene rings is 3. The van der Waals surface area contributed by atoms with Crippen LogP contribution in [0.2, 0.25) is 15.1 Å². The quantitative estimate of drug-likeness (QED) is 0.372. The first kappa shape index (κ1) is 20.5. The summed E-state index contributed by atoms with van der Waals surface area (Å²) in [5.74, 6) is -0.462. The second-order valence-corrected chi connectivity index (χ2v) is 7.88. The van der Waals surface area contributed by atoms with Crippen molar-refractivity contribution in [1.29, 1.82) is 0 Å². The maximum absolute atomic E-state index is 13.0. The van der Waals surface area contributed by atoms with Gasteiger partial charge in [-0.05, 0) is 42.0 Å². The summed E-state index contributed by atoms with van der Waals surface area (Å²) in [6.45, 7) is 0. The Balaban J connectivity index is 1.86. The van der Waals surface area contributed by atoms with Crippen molar-refractivity contribution in [3.63, 3.8) is 0 Å². The van der Waals surface area contributed by atoms with Gasteiger partial charge in [0.05, 0.1) is 16.6 Å². The highest BCUT2D eigenvalue weighted by Crippen LogP contribution is 2.38. The minimum absolute atomic E-state index is 0.0476. The summed E-state index contributed by atoms with van der Waals surface area (Å²) >= 11 is 18.8. The number of hydrogen-bond donors (Lipinski definition) is 2. The lowest BCUT2D eigenvalue weighted by atomic mass is 9.95. The molecule has 0 saturated carbocycles. The lowest BCUT2D eigenvalue weighted by Crippen LogP contribution is -2.30. The summed E-state index contributed by atoms with van der Waals surface area (Å²) in [6.07, 6.45) is 1.59. The fourth-order valence-electron chi connectivity index (χ4n) is 3.29. The van der Waals surface area contributed by atoms with Gasteiger partial charge in [-0.3, -0.25) is 9.78 Å². The number of carbonyl (C=O) groups excluding carboxylic acids is 1. The zero-order valence-electron chi connectivity index (χ0n) is 15.4. The van der Waals surface area contributed by atoms with Gasteiger partial charge in [-0.1, -0.05) is 65.1 Å². The molecule has 4 nitrogen and oxygen atoms in total. The molecule has 0 aliphatic rings. The standard InChI is InChI=1S/C23H15Cl3N2O2/c24-14-8-10-19(26)17(12-14)21(28-23(30)15-5-1-2-6-18(15)25)16-9-7-13-4-3-11-27-20(13)22(16)29/h1-12,21,29H,(H,28,30). The van der Waals surface area contributed by atoms with Crippen LogP contribution in [0.3, 0.4) is 0 Å². The molecule has 1 amide bonds. The van der Waals surface area contributed by atoms with E-state index >= 15 is 0 Å². The third-order valence-corrected chi connectivity index (χ3v) is 5.66. The smallest absolute Gasteiger partial charge is 0.253 e. The van der Waals surface area contributed by atoms with Crippen molar-refractivity contribution < 1.29 is 9.90 Å². The van der Waals surface area contributed by atoms with E-state index < -0.39 is 11.9 Å². The lowest BCUT2D eigenvalue weighted by molar-refractivity contribution is 0.0943. The number of phenols is 1. The minimum Gasteiger partial charge on any atom is -0.505 e. The van der Waals surface area contributed by atoms with Gasteiger partial charge in [-0.15, -0.1) is 0 Å². The van der Waals surface area contributed by atoms with E-state index in [0.29, 0.717) is 37.3 Å². The van der Waals surface area contributed by atoms with Crippen LogP contribution < -0.4 is 5.32 Å². The molecule has 1 atom stereocenters.